The van der Waals surface area contributed by atoms with Gasteiger partial charge in [0.2, 0.25) is 0 Å². The molecule has 11 heavy (non-hydrogen) atoms. The molecule has 0 fully saturated rings. The van der Waals surface area contributed by atoms with Crippen LogP contribution in [0, 0.1) is 0 Å². The van der Waals surface area contributed by atoms with E-state index < -0.39 is 0 Å². The maximum absolute atomic E-state index is 4.28. The molecule has 1 rings (SSSR count). The van der Waals surface area contributed by atoms with Gasteiger partial charge in [-0.1, -0.05) is 44.1 Å². The Morgan fingerprint density at radius 3 is 2.73 bits per heavy atom. The van der Waals surface area contributed by atoms with Crippen molar-refractivity contribution in [3.05, 3.63) is 41.4 Å². The van der Waals surface area contributed by atoms with E-state index in [0.29, 0.717) is 0 Å². The summed E-state index contributed by atoms with van der Waals surface area (Å²) in [7, 11) is 0. The predicted molar refractivity (Wildman–Crippen MR) is 49.5 cm³/mol. The van der Waals surface area contributed by atoms with E-state index in [1.807, 2.05) is 18.4 Å². The second-order valence-corrected chi connectivity index (χ2v) is 2.61. The standard InChI is InChI=1S/C10H14N/c1-2-3-8-11-9-10-6-4-5-7-10/h4-7,9H,2-3,8H2,1H3/q-1. The van der Waals surface area contributed by atoms with Crippen molar-refractivity contribution in [3.8, 4) is 0 Å². The summed E-state index contributed by atoms with van der Waals surface area (Å²) < 4.78 is 0. The van der Waals surface area contributed by atoms with E-state index in [9.17, 15) is 0 Å². The zero-order valence-electron chi connectivity index (χ0n) is 6.96. The van der Waals surface area contributed by atoms with E-state index in [2.05, 4.69) is 24.4 Å². The van der Waals surface area contributed by atoms with Crippen molar-refractivity contribution in [2.45, 2.75) is 19.8 Å². The van der Waals surface area contributed by atoms with Gasteiger partial charge in [0.05, 0.1) is 0 Å². The maximum Gasteiger partial charge on any atom is -0.0478 e. The highest BCUT2D eigenvalue weighted by molar-refractivity contribution is 5.41. The molecule has 0 bridgehead atoms. The first kappa shape index (κ1) is 8.12. The minimum Gasteiger partial charge on any atom is -0.690 e. The van der Waals surface area contributed by atoms with E-state index in [1.165, 1.54) is 18.4 Å². The minimum absolute atomic E-state index is 0.960. The molecule has 0 atom stereocenters. The number of hydrogen-bond donors (Lipinski definition) is 0. The summed E-state index contributed by atoms with van der Waals surface area (Å²) in [6.07, 6.45) is 12.5. The van der Waals surface area contributed by atoms with Crippen molar-refractivity contribution in [1.29, 1.82) is 0 Å². The van der Waals surface area contributed by atoms with Crippen molar-refractivity contribution in [2.24, 2.45) is 0 Å². The molecule has 0 radical (unpaired) electrons. The highest BCUT2D eigenvalue weighted by Gasteiger charge is 1.83. The molecule has 60 valence electrons. The molecule has 1 nitrogen and oxygen atoms in total. The second-order valence-electron chi connectivity index (χ2n) is 2.61. The van der Waals surface area contributed by atoms with Crippen LogP contribution < -0.4 is 0 Å². The Labute approximate surface area is 68.5 Å². The molecule has 1 aliphatic rings. The van der Waals surface area contributed by atoms with E-state index in [4.69, 9.17) is 0 Å². The lowest BCUT2D eigenvalue weighted by molar-refractivity contribution is 0.850. The molecule has 1 aliphatic carbocycles. The van der Waals surface area contributed by atoms with Crippen LogP contribution in [0.5, 0.6) is 0 Å². The van der Waals surface area contributed by atoms with Gasteiger partial charge in [-0.15, -0.1) is 6.54 Å². The van der Waals surface area contributed by atoms with Crippen LogP contribution in [0.15, 0.2) is 36.1 Å². The molecule has 0 aromatic rings. The Bertz CT molecular complexity index is 173. The number of allylic oxidation sites excluding steroid dienone is 5. The fourth-order valence-electron chi connectivity index (χ4n) is 0.894. The fraction of sp³-hybridized carbons (Fsp3) is 0.400. The Morgan fingerprint density at radius 2 is 2.09 bits per heavy atom. The molecule has 0 saturated heterocycles. The maximum atomic E-state index is 4.28. The van der Waals surface area contributed by atoms with Gasteiger partial charge in [0.25, 0.3) is 0 Å². The lowest BCUT2D eigenvalue weighted by atomic mass is 10.3. The molecule has 1 heteroatoms. The molecular formula is C10H14N-. The fourth-order valence-corrected chi connectivity index (χ4v) is 0.894. The van der Waals surface area contributed by atoms with Gasteiger partial charge >= 0.3 is 0 Å². The molecule has 0 spiro atoms. The third-order valence-electron chi connectivity index (χ3n) is 1.57. The van der Waals surface area contributed by atoms with Gasteiger partial charge in [-0.3, -0.25) is 0 Å². The molecule has 0 heterocycles. The number of hydrogen-bond acceptors (Lipinski definition) is 0. The number of unbranched alkanes of at least 4 members (excludes halogenated alkanes) is 1. The van der Waals surface area contributed by atoms with Crippen LogP contribution in [-0.2, 0) is 0 Å². The molecule has 0 N–H and O–H groups in total. The van der Waals surface area contributed by atoms with Crippen LogP contribution in [0.25, 0.3) is 5.32 Å². The number of rotatable bonds is 4. The van der Waals surface area contributed by atoms with E-state index >= 15 is 0 Å². The molecule has 0 aromatic carbocycles. The van der Waals surface area contributed by atoms with Gasteiger partial charge in [-0.25, -0.2) is 0 Å². The second kappa shape index (κ2) is 4.78. The SMILES string of the molecule is CCCC[N-]C=C1C=CC=C1. The summed E-state index contributed by atoms with van der Waals surface area (Å²) in [5.41, 5.74) is 1.21. The lowest BCUT2D eigenvalue weighted by Gasteiger charge is -2.13. The van der Waals surface area contributed by atoms with Crippen LogP contribution >= 0.6 is 0 Å². The third kappa shape index (κ3) is 3.08. The predicted octanol–water partition coefficient (Wildman–Crippen LogP) is 3.17. The van der Waals surface area contributed by atoms with E-state index in [1.54, 1.807) is 0 Å². The summed E-state index contributed by atoms with van der Waals surface area (Å²) in [4.78, 5) is 0. The first-order chi connectivity index (χ1) is 5.43. The van der Waals surface area contributed by atoms with Crippen LogP contribution in [-0.4, -0.2) is 6.54 Å². The average Bonchev–Trinajstić information content (AvgIpc) is 2.50. The molecule has 0 aliphatic heterocycles. The normalized spacial score (nSPS) is 14.1. The van der Waals surface area contributed by atoms with Crippen LogP contribution in [0.2, 0.25) is 0 Å². The van der Waals surface area contributed by atoms with Crippen molar-refractivity contribution in [1.82, 2.24) is 0 Å². The number of nitrogens with zero attached hydrogens (tertiary/aromatic N) is 1. The third-order valence-corrected chi connectivity index (χ3v) is 1.57. The van der Waals surface area contributed by atoms with Crippen molar-refractivity contribution in [2.75, 3.05) is 6.54 Å². The summed E-state index contributed by atoms with van der Waals surface area (Å²) >= 11 is 0. The molecule has 0 saturated carbocycles. The van der Waals surface area contributed by atoms with E-state index in [0.717, 1.165) is 6.54 Å². The van der Waals surface area contributed by atoms with Crippen LogP contribution in [0.1, 0.15) is 19.8 Å². The smallest absolute Gasteiger partial charge is 0.0478 e. The monoisotopic (exact) mass is 148 g/mol. The minimum atomic E-state index is 0.960. The first-order valence-corrected chi connectivity index (χ1v) is 4.15. The van der Waals surface area contributed by atoms with Crippen molar-refractivity contribution in [3.63, 3.8) is 0 Å². The highest BCUT2D eigenvalue weighted by Crippen LogP contribution is 2.09. The zero-order valence-corrected chi connectivity index (χ0v) is 6.96. The topological polar surface area (TPSA) is 14.1 Å². The van der Waals surface area contributed by atoms with Gasteiger partial charge in [0, 0.05) is 0 Å². The Morgan fingerprint density at radius 1 is 1.36 bits per heavy atom. The van der Waals surface area contributed by atoms with Gasteiger partial charge in [0.15, 0.2) is 0 Å². The van der Waals surface area contributed by atoms with Crippen molar-refractivity contribution >= 4 is 0 Å². The van der Waals surface area contributed by atoms with Gasteiger partial charge in [-0.2, -0.15) is 6.20 Å². The highest BCUT2D eigenvalue weighted by atomic mass is 14.8. The summed E-state index contributed by atoms with van der Waals surface area (Å²) in [5.74, 6) is 0. The van der Waals surface area contributed by atoms with Crippen LogP contribution in [0.3, 0.4) is 0 Å². The lowest BCUT2D eigenvalue weighted by Crippen LogP contribution is -1.78. The Hall–Kier alpha value is -0.980. The Balaban J connectivity index is 2.14. The van der Waals surface area contributed by atoms with Gasteiger partial charge < -0.3 is 5.32 Å². The molecule has 0 aromatic heterocycles. The molecule has 0 amide bonds. The molecule has 0 unspecified atom stereocenters. The average molecular weight is 148 g/mol. The zero-order chi connectivity index (χ0) is 7.94. The summed E-state index contributed by atoms with van der Waals surface area (Å²) in [5, 5.41) is 4.28. The largest absolute Gasteiger partial charge is 0.690 e. The first-order valence-electron chi connectivity index (χ1n) is 4.15. The van der Waals surface area contributed by atoms with E-state index in [-0.39, 0.29) is 0 Å². The quantitative estimate of drug-likeness (QED) is 0.544. The summed E-state index contributed by atoms with van der Waals surface area (Å²) in [6.45, 7) is 3.14. The van der Waals surface area contributed by atoms with Gasteiger partial charge in [0.1, 0.15) is 0 Å². The van der Waals surface area contributed by atoms with Gasteiger partial charge in [-0.05, 0) is 5.57 Å². The summed E-state index contributed by atoms with van der Waals surface area (Å²) in [6, 6.07) is 0. The molecular weight excluding hydrogens is 134 g/mol. The Kier molecular flexibility index (Phi) is 3.53. The van der Waals surface area contributed by atoms with Crippen molar-refractivity contribution < 1.29 is 0 Å². The van der Waals surface area contributed by atoms with Crippen LogP contribution in [0.4, 0.5) is 0 Å².